The number of nitrogens with zero attached hydrogens (tertiary/aromatic N) is 1. The number of aromatic nitrogens is 1. The van der Waals surface area contributed by atoms with Gasteiger partial charge < -0.3 is 15.2 Å². The molecule has 0 saturated carbocycles. The third-order valence-electron chi connectivity index (χ3n) is 2.70. The summed E-state index contributed by atoms with van der Waals surface area (Å²) in [6.07, 6.45) is -3.70. The van der Waals surface area contributed by atoms with Crippen LogP contribution in [0.25, 0.3) is 0 Å². The zero-order valence-electron chi connectivity index (χ0n) is 11.1. The van der Waals surface area contributed by atoms with Gasteiger partial charge >= 0.3 is 6.18 Å². The van der Waals surface area contributed by atoms with Crippen LogP contribution < -0.4 is 15.2 Å². The van der Waals surface area contributed by atoms with E-state index >= 15 is 0 Å². The number of ether oxygens (including phenoxy) is 2. The summed E-state index contributed by atoms with van der Waals surface area (Å²) in [5.41, 5.74) is 5.50. The van der Waals surface area contributed by atoms with Gasteiger partial charge in [0.1, 0.15) is 11.5 Å². The zero-order valence-corrected chi connectivity index (χ0v) is 11.1. The number of nitrogens with two attached hydrogens (primary N) is 1. The van der Waals surface area contributed by atoms with Crippen LogP contribution in [0.3, 0.4) is 0 Å². The molecule has 0 aliphatic carbocycles. The van der Waals surface area contributed by atoms with Crippen LogP contribution in [0, 0.1) is 0 Å². The molecule has 0 fully saturated rings. The SMILES string of the molecule is COc1cc(CN)cc(Oc2ccc(C(F)(F)F)cn2)c1. The van der Waals surface area contributed by atoms with E-state index in [2.05, 4.69) is 4.98 Å². The van der Waals surface area contributed by atoms with E-state index in [0.29, 0.717) is 11.5 Å². The van der Waals surface area contributed by atoms with Crippen LogP contribution in [0.15, 0.2) is 36.5 Å². The van der Waals surface area contributed by atoms with Gasteiger partial charge in [0.15, 0.2) is 0 Å². The normalized spacial score (nSPS) is 11.3. The number of rotatable bonds is 4. The molecule has 1 aromatic heterocycles. The topological polar surface area (TPSA) is 57.4 Å². The number of benzene rings is 1. The molecule has 2 rings (SSSR count). The predicted octanol–water partition coefficient (Wildman–Crippen LogP) is 3.36. The van der Waals surface area contributed by atoms with Crippen molar-refractivity contribution in [1.82, 2.24) is 4.98 Å². The van der Waals surface area contributed by atoms with E-state index < -0.39 is 11.7 Å². The van der Waals surface area contributed by atoms with Crippen LogP contribution in [0.1, 0.15) is 11.1 Å². The summed E-state index contributed by atoms with van der Waals surface area (Å²) in [4.78, 5) is 3.64. The number of pyridine rings is 1. The number of methoxy groups -OCH3 is 1. The molecule has 0 atom stereocenters. The number of alkyl halides is 3. The molecule has 21 heavy (non-hydrogen) atoms. The van der Waals surface area contributed by atoms with Gasteiger partial charge in [-0.25, -0.2) is 4.98 Å². The van der Waals surface area contributed by atoms with Gasteiger partial charge in [-0.15, -0.1) is 0 Å². The lowest BCUT2D eigenvalue weighted by atomic mass is 10.2. The fourth-order valence-electron chi connectivity index (χ4n) is 1.65. The van der Waals surface area contributed by atoms with Gasteiger partial charge in [0.05, 0.1) is 12.7 Å². The third kappa shape index (κ3) is 3.85. The molecule has 0 saturated heterocycles. The predicted molar refractivity (Wildman–Crippen MR) is 70.2 cm³/mol. The van der Waals surface area contributed by atoms with Crippen LogP contribution in [-0.4, -0.2) is 12.1 Å². The maximum Gasteiger partial charge on any atom is 0.417 e. The highest BCUT2D eigenvalue weighted by atomic mass is 19.4. The molecule has 2 N–H and O–H groups in total. The van der Waals surface area contributed by atoms with Gasteiger partial charge in [-0.1, -0.05) is 0 Å². The van der Waals surface area contributed by atoms with Crippen molar-refractivity contribution in [1.29, 1.82) is 0 Å². The Hall–Kier alpha value is -2.28. The summed E-state index contributed by atoms with van der Waals surface area (Å²) in [6, 6.07) is 7.07. The van der Waals surface area contributed by atoms with E-state index in [-0.39, 0.29) is 12.4 Å². The van der Waals surface area contributed by atoms with E-state index in [1.54, 1.807) is 18.2 Å². The Bertz CT molecular complexity index is 590. The van der Waals surface area contributed by atoms with Gasteiger partial charge in [0, 0.05) is 24.9 Å². The first-order chi connectivity index (χ1) is 9.92. The molecular weight excluding hydrogens is 285 g/mol. The van der Waals surface area contributed by atoms with Gasteiger partial charge in [-0.3, -0.25) is 0 Å². The standard InChI is InChI=1S/C14H13F3N2O2/c1-20-11-4-9(7-18)5-12(6-11)21-13-3-2-10(8-19-13)14(15,16)17/h2-6,8H,7,18H2,1H3. The van der Waals surface area contributed by atoms with Crippen molar-refractivity contribution in [3.8, 4) is 17.4 Å². The summed E-state index contributed by atoms with van der Waals surface area (Å²) in [5.74, 6) is 0.987. The highest BCUT2D eigenvalue weighted by Crippen LogP contribution is 2.31. The van der Waals surface area contributed by atoms with Crippen molar-refractivity contribution in [2.24, 2.45) is 5.73 Å². The summed E-state index contributed by atoms with van der Waals surface area (Å²) in [5, 5.41) is 0. The Balaban J connectivity index is 2.22. The molecule has 0 amide bonds. The largest absolute Gasteiger partial charge is 0.497 e. The fourth-order valence-corrected chi connectivity index (χ4v) is 1.65. The van der Waals surface area contributed by atoms with Crippen LogP contribution in [-0.2, 0) is 12.7 Å². The van der Waals surface area contributed by atoms with Crippen LogP contribution >= 0.6 is 0 Å². The van der Waals surface area contributed by atoms with Crippen LogP contribution in [0.2, 0.25) is 0 Å². The van der Waals surface area contributed by atoms with Gasteiger partial charge in [-0.05, 0) is 23.8 Å². The molecule has 0 bridgehead atoms. The average Bonchev–Trinajstić information content (AvgIpc) is 2.46. The van der Waals surface area contributed by atoms with Crippen molar-refractivity contribution in [3.63, 3.8) is 0 Å². The molecular formula is C14H13F3N2O2. The van der Waals surface area contributed by atoms with E-state index in [1.807, 2.05) is 0 Å². The zero-order chi connectivity index (χ0) is 15.5. The van der Waals surface area contributed by atoms with Gasteiger partial charge in [0.25, 0.3) is 0 Å². The summed E-state index contributed by atoms with van der Waals surface area (Å²) < 4.78 is 47.8. The lowest BCUT2D eigenvalue weighted by Crippen LogP contribution is -2.05. The molecule has 0 spiro atoms. The molecule has 1 aromatic carbocycles. The first-order valence-corrected chi connectivity index (χ1v) is 6.01. The Morgan fingerprint density at radius 1 is 1.14 bits per heavy atom. The van der Waals surface area contributed by atoms with Crippen LogP contribution in [0.5, 0.6) is 17.4 Å². The molecule has 0 radical (unpaired) electrons. The first-order valence-electron chi connectivity index (χ1n) is 6.01. The van der Waals surface area contributed by atoms with Gasteiger partial charge in [0.2, 0.25) is 5.88 Å². The molecule has 0 aliphatic rings. The van der Waals surface area contributed by atoms with Crippen molar-refractivity contribution in [2.75, 3.05) is 7.11 Å². The van der Waals surface area contributed by atoms with Crippen LogP contribution in [0.4, 0.5) is 13.2 Å². The number of hydrogen-bond acceptors (Lipinski definition) is 4. The van der Waals surface area contributed by atoms with E-state index in [1.165, 1.54) is 7.11 Å². The Labute approximate surface area is 119 Å². The minimum atomic E-state index is -4.42. The average molecular weight is 298 g/mol. The second-order valence-electron chi connectivity index (χ2n) is 4.21. The number of hydrogen-bond donors (Lipinski definition) is 1. The summed E-state index contributed by atoms with van der Waals surface area (Å²) in [7, 11) is 1.50. The maximum absolute atomic E-state index is 12.4. The molecule has 1 heterocycles. The smallest absolute Gasteiger partial charge is 0.417 e. The van der Waals surface area contributed by atoms with Crippen molar-refractivity contribution >= 4 is 0 Å². The third-order valence-corrected chi connectivity index (χ3v) is 2.70. The Morgan fingerprint density at radius 2 is 1.86 bits per heavy atom. The van der Waals surface area contributed by atoms with Crippen molar-refractivity contribution in [2.45, 2.75) is 12.7 Å². The summed E-state index contributed by atoms with van der Waals surface area (Å²) >= 11 is 0. The Morgan fingerprint density at radius 3 is 2.38 bits per heavy atom. The molecule has 0 aliphatic heterocycles. The monoisotopic (exact) mass is 298 g/mol. The molecule has 112 valence electrons. The van der Waals surface area contributed by atoms with Crippen molar-refractivity contribution < 1.29 is 22.6 Å². The summed E-state index contributed by atoms with van der Waals surface area (Å²) in [6.45, 7) is 0.286. The minimum Gasteiger partial charge on any atom is -0.497 e. The number of halogens is 3. The fraction of sp³-hybridized carbons (Fsp3) is 0.214. The minimum absolute atomic E-state index is 0.0548. The molecule has 0 unspecified atom stereocenters. The first kappa shape index (κ1) is 15.1. The highest BCUT2D eigenvalue weighted by molar-refractivity contribution is 5.40. The quantitative estimate of drug-likeness (QED) is 0.940. The van der Waals surface area contributed by atoms with Gasteiger partial charge in [-0.2, -0.15) is 13.2 Å². The Kier molecular flexibility index (Phi) is 4.32. The molecule has 7 heteroatoms. The molecule has 4 nitrogen and oxygen atoms in total. The second kappa shape index (κ2) is 6.01. The second-order valence-corrected chi connectivity index (χ2v) is 4.21. The van der Waals surface area contributed by atoms with E-state index in [9.17, 15) is 13.2 Å². The lowest BCUT2D eigenvalue weighted by molar-refractivity contribution is -0.137. The maximum atomic E-state index is 12.4. The molecule has 2 aromatic rings. The lowest BCUT2D eigenvalue weighted by Gasteiger charge is -2.10. The van der Waals surface area contributed by atoms with E-state index in [4.69, 9.17) is 15.2 Å². The van der Waals surface area contributed by atoms with Crippen molar-refractivity contribution in [3.05, 3.63) is 47.7 Å². The van der Waals surface area contributed by atoms with E-state index in [0.717, 1.165) is 23.9 Å². The highest BCUT2D eigenvalue weighted by Gasteiger charge is 2.30.